The van der Waals surface area contributed by atoms with Crippen LogP contribution in [0.4, 0.5) is 0 Å². The van der Waals surface area contributed by atoms with Crippen molar-refractivity contribution in [2.75, 3.05) is 0 Å². The maximum Gasteiger partial charge on any atom is -0.0166 e. The lowest BCUT2D eigenvalue weighted by molar-refractivity contribution is 0.361. The summed E-state index contributed by atoms with van der Waals surface area (Å²) in [5.74, 6) is 0. The SMILES string of the molecule is C=CC=CCC=CCCCCC(C)(C)C. The molecule has 0 heterocycles. The molecule has 0 saturated heterocycles. The molecular weight excluding hydrogens is 180 g/mol. The van der Waals surface area contributed by atoms with Crippen LogP contribution >= 0.6 is 0 Å². The Morgan fingerprint density at radius 1 is 1.00 bits per heavy atom. The van der Waals surface area contributed by atoms with E-state index in [9.17, 15) is 0 Å². The molecule has 0 spiro atoms. The van der Waals surface area contributed by atoms with Gasteiger partial charge >= 0.3 is 0 Å². The van der Waals surface area contributed by atoms with Crippen molar-refractivity contribution < 1.29 is 0 Å². The maximum atomic E-state index is 3.63. The molecule has 0 unspecified atom stereocenters. The highest BCUT2D eigenvalue weighted by Gasteiger charge is 2.07. The summed E-state index contributed by atoms with van der Waals surface area (Å²) in [6, 6.07) is 0. The maximum absolute atomic E-state index is 3.63. The van der Waals surface area contributed by atoms with Crippen molar-refractivity contribution >= 4 is 0 Å². The lowest BCUT2D eigenvalue weighted by Crippen LogP contribution is -2.03. The Bertz CT molecular complexity index is 201. The van der Waals surface area contributed by atoms with Crippen LogP contribution in [-0.4, -0.2) is 0 Å². The molecule has 0 saturated carbocycles. The van der Waals surface area contributed by atoms with Crippen LogP contribution < -0.4 is 0 Å². The molecule has 0 aromatic rings. The highest BCUT2D eigenvalue weighted by Crippen LogP contribution is 2.21. The number of allylic oxidation sites excluding steroid dienone is 5. The molecule has 0 aromatic heterocycles. The first-order valence-corrected chi connectivity index (χ1v) is 5.99. The third-order valence-corrected chi connectivity index (χ3v) is 2.26. The first-order valence-electron chi connectivity index (χ1n) is 5.99. The normalized spacial score (nSPS) is 12.7. The Morgan fingerprint density at radius 2 is 1.73 bits per heavy atom. The second-order valence-electron chi connectivity index (χ2n) is 5.18. The Hall–Kier alpha value is -0.780. The molecule has 0 heteroatoms. The quantitative estimate of drug-likeness (QED) is 0.302. The van der Waals surface area contributed by atoms with E-state index in [4.69, 9.17) is 0 Å². The van der Waals surface area contributed by atoms with Gasteiger partial charge in [-0.15, -0.1) is 0 Å². The lowest BCUT2D eigenvalue weighted by atomic mass is 9.89. The topological polar surface area (TPSA) is 0 Å². The van der Waals surface area contributed by atoms with Gasteiger partial charge in [0.05, 0.1) is 0 Å². The number of unbranched alkanes of at least 4 members (excludes halogenated alkanes) is 2. The van der Waals surface area contributed by atoms with Gasteiger partial charge in [-0.1, -0.05) is 64.2 Å². The van der Waals surface area contributed by atoms with E-state index >= 15 is 0 Å². The van der Waals surface area contributed by atoms with Crippen LogP contribution in [0.2, 0.25) is 0 Å². The average Bonchev–Trinajstić information content (AvgIpc) is 2.14. The first kappa shape index (κ1) is 14.2. The standard InChI is InChI=1S/C15H26/c1-5-6-7-8-9-10-11-12-13-14-15(2,3)4/h5-7,9-10H,1,8,11-14H2,2-4H3. The highest BCUT2D eigenvalue weighted by molar-refractivity contribution is 5.00. The van der Waals surface area contributed by atoms with Gasteiger partial charge in [-0.05, 0) is 31.1 Å². The fraction of sp³-hybridized carbons (Fsp3) is 0.600. The minimum Gasteiger partial charge on any atom is -0.0991 e. The molecule has 0 rings (SSSR count). The zero-order valence-corrected chi connectivity index (χ0v) is 10.6. The Morgan fingerprint density at radius 3 is 2.33 bits per heavy atom. The Balaban J connectivity index is 3.31. The molecule has 0 aliphatic heterocycles. The Kier molecular flexibility index (Phi) is 8.08. The third-order valence-electron chi connectivity index (χ3n) is 2.26. The summed E-state index contributed by atoms with van der Waals surface area (Å²) in [4.78, 5) is 0. The summed E-state index contributed by atoms with van der Waals surface area (Å²) in [5, 5.41) is 0. The minimum atomic E-state index is 0.496. The molecule has 0 N–H and O–H groups in total. The van der Waals surface area contributed by atoms with Crippen molar-refractivity contribution in [2.24, 2.45) is 5.41 Å². The van der Waals surface area contributed by atoms with Crippen molar-refractivity contribution in [1.29, 1.82) is 0 Å². The zero-order chi connectivity index (χ0) is 11.6. The van der Waals surface area contributed by atoms with Crippen LogP contribution in [0, 0.1) is 5.41 Å². The second kappa shape index (κ2) is 8.52. The van der Waals surface area contributed by atoms with Crippen molar-refractivity contribution in [3.05, 3.63) is 37.0 Å². The fourth-order valence-electron chi connectivity index (χ4n) is 1.38. The van der Waals surface area contributed by atoms with Gasteiger partial charge in [-0.2, -0.15) is 0 Å². The van der Waals surface area contributed by atoms with Gasteiger partial charge in [0, 0.05) is 0 Å². The van der Waals surface area contributed by atoms with E-state index in [1.807, 2.05) is 12.2 Å². The zero-order valence-electron chi connectivity index (χ0n) is 10.6. The smallest absolute Gasteiger partial charge is 0.0166 e. The molecule has 0 atom stereocenters. The molecule has 0 bridgehead atoms. The second-order valence-corrected chi connectivity index (χ2v) is 5.18. The van der Waals surface area contributed by atoms with Gasteiger partial charge in [0.25, 0.3) is 0 Å². The van der Waals surface area contributed by atoms with E-state index in [2.05, 4.69) is 45.6 Å². The van der Waals surface area contributed by atoms with Gasteiger partial charge in [0.2, 0.25) is 0 Å². The number of hydrogen-bond acceptors (Lipinski definition) is 0. The fourth-order valence-corrected chi connectivity index (χ4v) is 1.38. The molecule has 0 aliphatic carbocycles. The number of rotatable bonds is 7. The number of hydrogen-bond donors (Lipinski definition) is 0. The van der Waals surface area contributed by atoms with E-state index < -0.39 is 0 Å². The summed E-state index contributed by atoms with van der Waals surface area (Å²) in [7, 11) is 0. The highest BCUT2D eigenvalue weighted by atomic mass is 14.1. The van der Waals surface area contributed by atoms with Crippen molar-refractivity contribution in [3.8, 4) is 0 Å². The van der Waals surface area contributed by atoms with Crippen LogP contribution in [0.25, 0.3) is 0 Å². The minimum absolute atomic E-state index is 0.496. The van der Waals surface area contributed by atoms with Crippen molar-refractivity contribution in [2.45, 2.75) is 52.9 Å². The molecular formula is C15H26. The predicted octanol–water partition coefficient (Wildman–Crippen LogP) is 5.28. The summed E-state index contributed by atoms with van der Waals surface area (Å²) in [6.45, 7) is 10.6. The summed E-state index contributed by atoms with van der Waals surface area (Å²) in [6.07, 6.45) is 16.7. The Labute approximate surface area is 95.8 Å². The largest absolute Gasteiger partial charge is 0.0991 e. The molecule has 0 radical (unpaired) electrons. The summed E-state index contributed by atoms with van der Waals surface area (Å²) >= 11 is 0. The summed E-state index contributed by atoms with van der Waals surface area (Å²) < 4.78 is 0. The van der Waals surface area contributed by atoms with Gasteiger partial charge < -0.3 is 0 Å². The van der Waals surface area contributed by atoms with E-state index in [0.29, 0.717) is 5.41 Å². The van der Waals surface area contributed by atoms with E-state index in [0.717, 1.165) is 6.42 Å². The van der Waals surface area contributed by atoms with Crippen molar-refractivity contribution in [1.82, 2.24) is 0 Å². The van der Waals surface area contributed by atoms with E-state index in [1.165, 1.54) is 25.7 Å². The predicted molar refractivity (Wildman–Crippen MR) is 71.0 cm³/mol. The van der Waals surface area contributed by atoms with E-state index in [1.54, 1.807) is 0 Å². The summed E-state index contributed by atoms with van der Waals surface area (Å²) in [5.41, 5.74) is 0.496. The van der Waals surface area contributed by atoms with Crippen LogP contribution in [0.3, 0.4) is 0 Å². The van der Waals surface area contributed by atoms with Crippen LogP contribution in [0.1, 0.15) is 52.9 Å². The molecule has 0 fully saturated rings. The first-order chi connectivity index (χ1) is 7.06. The van der Waals surface area contributed by atoms with E-state index in [-0.39, 0.29) is 0 Å². The molecule has 86 valence electrons. The van der Waals surface area contributed by atoms with Crippen LogP contribution in [0.15, 0.2) is 37.0 Å². The monoisotopic (exact) mass is 206 g/mol. The van der Waals surface area contributed by atoms with Gasteiger partial charge in [0.15, 0.2) is 0 Å². The molecule has 15 heavy (non-hydrogen) atoms. The molecule has 0 amide bonds. The van der Waals surface area contributed by atoms with Gasteiger partial charge in [0.1, 0.15) is 0 Å². The van der Waals surface area contributed by atoms with Gasteiger partial charge in [-0.25, -0.2) is 0 Å². The molecule has 0 aromatic carbocycles. The molecule has 0 aliphatic rings. The van der Waals surface area contributed by atoms with Crippen molar-refractivity contribution in [3.63, 3.8) is 0 Å². The van der Waals surface area contributed by atoms with Crippen LogP contribution in [0.5, 0.6) is 0 Å². The average molecular weight is 206 g/mol. The molecule has 0 nitrogen and oxygen atoms in total. The van der Waals surface area contributed by atoms with Crippen LogP contribution in [-0.2, 0) is 0 Å². The third kappa shape index (κ3) is 13.2. The lowest BCUT2D eigenvalue weighted by Gasteiger charge is -2.16. The van der Waals surface area contributed by atoms with Gasteiger partial charge in [-0.3, -0.25) is 0 Å².